The molecule has 1 aromatic rings. The van der Waals surface area contributed by atoms with Gasteiger partial charge in [-0.3, -0.25) is 0 Å². The summed E-state index contributed by atoms with van der Waals surface area (Å²) in [6.07, 6.45) is 2.20. The average molecular weight is 236 g/mol. The van der Waals surface area contributed by atoms with E-state index in [1.54, 1.807) is 0 Å². The zero-order valence-corrected chi connectivity index (χ0v) is 10.2. The van der Waals surface area contributed by atoms with Gasteiger partial charge in [-0.15, -0.1) is 0 Å². The Labute approximate surface area is 102 Å². The highest BCUT2D eigenvalue weighted by Gasteiger charge is 2.18. The molecule has 1 aliphatic rings. The summed E-state index contributed by atoms with van der Waals surface area (Å²) in [5.74, 6) is 2.22. The number of nitrogens with zero attached hydrogens (tertiary/aromatic N) is 2. The van der Waals surface area contributed by atoms with Crippen LogP contribution >= 0.6 is 0 Å². The van der Waals surface area contributed by atoms with Crippen molar-refractivity contribution in [3.63, 3.8) is 0 Å². The van der Waals surface area contributed by atoms with Gasteiger partial charge in [-0.2, -0.15) is 0 Å². The van der Waals surface area contributed by atoms with Crippen molar-refractivity contribution in [2.24, 2.45) is 0 Å². The first kappa shape index (κ1) is 12.3. The second-order valence-corrected chi connectivity index (χ2v) is 4.43. The van der Waals surface area contributed by atoms with Crippen molar-refractivity contribution in [3.05, 3.63) is 17.6 Å². The summed E-state index contributed by atoms with van der Waals surface area (Å²) in [5, 5.41) is 15.2. The van der Waals surface area contributed by atoms with Gasteiger partial charge in [0.2, 0.25) is 0 Å². The molecule has 2 heterocycles. The van der Waals surface area contributed by atoms with E-state index in [1.807, 2.05) is 13.0 Å². The molecule has 5 nitrogen and oxygen atoms in total. The summed E-state index contributed by atoms with van der Waals surface area (Å²) in [5.41, 5.74) is 0.981. The molecule has 1 aromatic heterocycles. The van der Waals surface area contributed by atoms with Crippen molar-refractivity contribution in [1.82, 2.24) is 15.3 Å². The Hall–Kier alpha value is -1.20. The van der Waals surface area contributed by atoms with Crippen LogP contribution in [-0.2, 0) is 0 Å². The normalized spacial score (nSPS) is 17.1. The first-order valence-electron chi connectivity index (χ1n) is 6.20. The SMILES string of the molecule is Cc1cc(NCCO)nc(C2CCNCC2)n1. The van der Waals surface area contributed by atoms with E-state index in [2.05, 4.69) is 20.6 Å². The zero-order chi connectivity index (χ0) is 12.1. The number of aromatic nitrogens is 2. The van der Waals surface area contributed by atoms with Gasteiger partial charge in [0.15, 0.2) is 0 Å². The fraction of sp³-hybridized carbons (Fsp3) is 0.667. The summed E-state index contributed by atoms with van der Waals surface area (Å²) in [6, 6.07) is 1.92. The van der Waals surface area contributed by atoms with E-state index in [1.165, 1.54) is 0 Å². The largest absolute Gasteiger partial charge is 0.395 e. The number of rotatable bonds is 4. The van der Waals surface area contributed by atoms with Crippen LogP contribution in [0.25, 0.3) is 0 Å². The molecule has 94 valence electrons. The van der Waals surface area contributed by atoms with Crippen molar-refractivity contribution < 1.29 is 5.11 Å². The molecule has 3 N–H and O–H groups in total. The number of hydrogen-bond acceptors (Lipinski definition) is 5. The molecule has 1 aliphatic heterocycles. The van der Waals surface area contributed by atoms with Gasteiger partial charge in [0.25, 0.3) is 0 Å². The molecule has 0 bridgehead atoms. The minimum absolute atomic E-state index is 0.117. The van der Waals surface area contributed by atoms with Crippen LogP contribution in [0.4, 0.5) is 5.82 Å². The smallest absolute Gasteiger partial charge is 0.134 e. The minimum Gasteiger partial charge on any atom is -0.395 e. The third kappa shape index (κ3) is 3.38. The summed E-state index contributed by atoms with van der Waals surface area (Å²) in [7, 11) is 0. The lowest BCUT2D eigenvalue weighted by Gasteiger charge is -2.22. The molecule has 0 atom stereocenters. The first-order valence-corrected chi connectivity index (χ1v) is 6.20. The van der Waals surface area contributed by atoms with Gasteiger partial charge in [-0.25, -0.2) is 9.97 Å². The summed E-state index contributed by atoms with van der Waals surface area (Å²) >= 11 is 0. The molecule has 17 heavy (non-hydrogen) atoms. The fourth-order valence-corrected chi connectivity index (χ4v) is 2.13. The summed E-state index contributed by atoms with van der Waals surface area (Å²) < 4.78 is 0. The Bertz CT molecular complexity index is 364. The molecule has 0 amide bonds. The Morgan fingerprint density at radius 3 is 2.88 bits per heavy atom. The number of aryl methyl sites for hydroxylation is 1. The molecule has 0 spiro atoms. The van der Waals surface area contributed by atoms with Crippen molar-refractivity contribution in [2.75, 3.05) is 31.6 Å². The Kier molecular flexibility index (Phi) is 4.28. The van der Waals surface area contributed by atoms with Crippen molar-refractivity contribution in [1.29, 1.82) is 0 Å². The molecule has 0 radical (unpaired) electrons. The number of aliphatic hydroxyl groups excluding tert-OH is 1. The van der Waals surface area contributed by atoms with Crippen molar-refractivity contribution >= 4 is 5.82 Å². The fourth-order valence-electron chi connectivity index (χ4n) is 2.13. The van der Waals surface area contributed by atoms with Gasteiger partial charge in [0.05, 0.1) is 6.61 Å². The molecule has 5 heteroatoms. The van der Waals surface area contributed by atoms with Crippen LogP contribution in [-0.4, -0.2) is 41.3 Å². The summed E-state index contributed by atoms with van der Waals surface area (Å²) in [6.45, 7) is 4.72. The third-order valence-electron chi connectivity index (χ3n) is 2.99. The van der Waals surface area contributed by atoms with Crippen LogP contribution in [0.5, 0.6) is 0 Å². The van der Waals surface area contributed by atoms with E-state index in [0.29, 0.717) is 12.5 Å². The number of anilines is 1. The van der Waals surface area contributed by atoms with E-state index >= 15 is 0 Å². The Balaban J connectivity index is 2.12. The molecule has 2 rings (SSSR count). The maximum Gasteiger partial charge on any atom is 0.134 e. The van der Waals surface area contributed by atoms with Gasteiger partial charge >= 0.3 is 0 Å². The van der Waals surface area contributed by atoms with Crippen LogP contribution in [0.1, 0.15) is 30.3 Å². The van der Waals surface area contributed by atoms with Crippen LogP contribution in [0, 0.1) is 6.92 Å². The van der Waals surface area contributed by atoms with Gasteiger partial charge in [0.1, 0.15) is 11.6 Å². The minimum atomic E-state index is 0.117. The highest BCUT2D eigenvalue weighted by atomic mass is 16.3. The standard InChI is InChI=1S/C12H20N4O/c1-9-8-11(14-6-7-17)16-12(15-9)10-2-4-13-5-3-10/h8,10,13,17H,2-7H2,1H3,(H,14,15,16). The topological polar surface area (TPSA) is 70.1 Å². The van der Waals surface area contributed by atoms with Gasteiger partial charge in [-0.05, 0) is 32.9 Å². The average Bonchev–Trinajstić information content (AvgIpc) is 2.37. The van der Waals surface area contributed by atoms with Crippen LogP contribution in [0.2, 0.25) is 0 Å². The number of piperidine rings is 1. The lowest BCUT2D eigenvalue weighted by atomic mass is 9.97. The van der Waals surface area contributed by atoms with Gasteiger partial charge in [0, 0.05) is 24.2 Å². The number of aliphatic hydroxyl groups is 1. The molecule has 0 unspecified atom stereocenters. The maximum atomic E-state index is 8.80. The highest BCUT2D eigenvalue weighted by molar-refractivity contribution is 5.36. The first-order chi connectivity index (χ1) is 8.29. The second-order valence-electron chi connectivity index (χ2n) is 4.43. The molecular formula is C12H20N4O. The predicted octanol–water partition coefficient (Wildman–Crippen LogP) is 0.656. The molecule has 0 aromatic carbocycles. The van der Waals surface area contributed by atoms with Gasteiger partial charge in [-0.1, -0.05) is 0 Å². The van der Waals surface area contributed by atoms with E-state index < -0.39 is 0 Å². The lowest BCUT2D eigenvalue weighted by molar-refractivity contribution is 0.311. The van der Waals surface area contributed by atoms with Crippen LogP contribution in [0.15, 0.2) is 6.07 Å². The summed E-state index contributed by atoms with van der Waals surface area (Å²) in [4.78, 5) is 9.06. The molecular weight excluding hydrogens is 216 g/mol. The van der Waals surface area contributed by atoms with E-state index in [-0.39, 0.29) is 6.61 Å². The molecule has 0 saturated carbocycles. The monoisotopic (exact) mass is 236 g/mol. The molecule has 1 fully saturated rings. The van der Waals surface area contributed by atoms with E-state index in [4.69, 9.17) is 5.11 Å². The quantitative estimate of drug-likeness (QED) is 0.716. The Morgan fingerprint density at radius 2 is 2.18 bits per heavy atom. The highest BCUT2D eigenvalue weighted by Crippen LogP contribution is 2.23. The Morgan fingerprint density at radius 1 is 1.41 bits per heavy atom. The lowest BCUT2D eigenvalue weighted by Crippen LogP contribution is -2.27. The zero-order valence-electron chi connectivity index (χ0n) is 10.2. The van der Waals surface area contributed by atoms with Crippen molar-refractivity contribution in [3.8, 4) is 0 Å². The van der Waals surface area contributed by atoms with Crippen LogP contribution in [0.3, 0.4) is 0 Å². The number of hydrogen-bond donors (Lipinski definition) is 3. The predicted molar refractivity (Wildman–Crippen MR) is 67.2 cm³/mol. The second kappa shape index (κ2) is 5.93. The number of nitrogens with one attached hydrogen (secondary N) is 2. The molecule has 0 aliphatic carbocycles. The molecule has 1 saturated heterocycles. The van der Waals surface area contributed by atoms with Crippen molar-refractivity contribution in [2.45, 2.75) is 25.7 Å². The maximum absolute atomic E-state index is 8.80. The third-order valence-corrected chi connectivity index (χ3v) is 2.99. The van der Waals surface area contributed by atoms with E-state index in [9.17, 15) is 0 Å². The van der Waals surface area contributed by atoms with Gasteiger partial charge < -0.3 is 15.7 Å². The van der Waals surface area contributed by atoms with E-state index in [0.717, 1.165) is 43.3 Å². The van der Waals surface area contributed by atoms with Crippen LogP contribution < -0.4 is 10.6 Å².